The van der Waals surface area contributed by atoms with E-state index < -0.39 is 5.60 Å². The molecular formula is C14H22N4O2. The van der Waals surface area contributed by atoms with Crippen LogP contribution in [0.2, 0.25) is 0 Å². The Labute approximate surface area is 118 Å². The highest BCUT2D eigenvalue weighted by atomic mass is 16.3. The predicted molar refractivity (Wildman–Crippen MR) is 75.6 cm³/mol. The largest absolute Gasteiger partial charge is 0.388 e. The highest BCUT2D eigenvalue weighted by Crippen LogP contribution is 2.36. The Bertz CT molecular complexity index is 503. The minimum absolute atomic E-state index is 0.284. The molecule has 0 bridgehead atoms. The number of amides is 2. The van der Waals surface area contributed by atoms with Gasteiger partial charge in [0.2, 0.25) is 0 Å². The van der Waals surface area contributed by atoms with Gasteiger partial charge in [0.15, 0.2) is 0 Å². The summed E-state index contributed by atoms with van der Waals surface area (Å²) in [4.78, 5) is 11.8. The molecule has 0 aliphatic heterocycles. The van der Waals surface area contributed by atoms with Crippen molar-refractivity contribution in [1.82, 2.24) is 15.1 Å². The molecule has 2 amide bonds. The Morgan fingerprint density at radius 2 is 2.25 bits per heavy atom. The number of aliphatic hydroxyl groups is 1. The normalized spacial score (nSPS) is 20.9. The number of aryl methyl sites for hydroxylation is 1. The Morgan fingerprint density at radius 1 is 1.50 bits per heavy atom. The zero-order valence-electron chi connectivity index (χ0n) is 11.9. The minimum Gasteiger partial charge on any atom is -0.388 e. The summed E-state index contributed by atoms with van der Waals surface area (Å²) >= 11 is 0. The number of urea groups is 1. The summed E-state index contributed by atoms with van der Waals surface area (Å²) in [5.41, 5.74) is 0.368. The van der Waals surface area contributed by atoms with Crippen molar-refractivity contribution in [3.05, 3.63) is 11.8 Å². The van der Waals surface area contributed by atoms with Gasteiger partial charge in [-0.25, -0.2) is 4.79 Å². The topological polar surface area (TPSA) is 79.2 Å². The first-order chi connectivity index (χ1) is 9.56. The second kappa shape index (κ2) is 5.09. The standard InChI is InChI=1S/C14H22N4O2/c1-18-12(8-11(17-18)10-4-2-5-10)16-13(19)15-9-14(20)6-3-7-14/h8,10,20H,2-7,9H2,1H3,(H2,15,16,19). The zero-order valence-corrected chi connectivity index (χ0v) is 11.9. The smallest absolute Gasteiger partial charge is 0.320 e. The van der Waals surface area contributed by atoms with Crippen LogP contribution in [-0.4, -0.2) is 33.1 Å². The van der Waals surface area contributed by atoms with E-state index in [1.807, 2.05) is 13.1 Å². The van der Waals surface area contributed by atoms with Crippen LogP contribution in [0.3, 0.4) is 0 Å². The molecule has 2 aliphatic carbocycles. The summed E-state index contributed by atoms with van der Waals surface area (Å²) in [6, 6.07) is 1.66. The Morgan fingerprint density at radius 3 is 2.80 bits per heavy atom. The SMILES string of the molecule is Cn1nc(C2CCC2)cc1NC(=O)NCC1(O)CCC1. The quantitative estimate of drug-likeness (QED) is 0.784. The van der Waals surface area contributed by atoms with Gasteiger partial charge in [0.1, 0.15) is 5.82 Å². The molecule has 2 saturated carbocycles. The van der Waals surface area contributed by atoms with Crippen LogP contribution < -0.4 is 10.6 Å². The molecule has 3 N–H and O–H groups in total. The van der Waals surface area contributed by atoms with Gasteiger partial charge in [-0.3, -0.25) is 10.00 Å². The van der Waals surface area contributed by atoms with Gasteiger partial charge in [0, 0.05) is 25.6 Å². The van der Waals surface area contributed by atoms with Crippen molar-refractivity contribution in [2.24, 2.45) is 7.05 Å². The van der Waals surface area contributed by atoms with Gasteiger partial charge in [0.05, 0.1) is 11.3 Å². The fourth-order valence-corrected chi connectivity index (χ4v) is 2.68. The first-order valence-electron chi connectivity index (χ1n) is 7.37. The van der Waals surface area contributed by atoms with Crippen molar-refractivity contribution < 1.29 is 9.90 Å². The monoisotopic (exact) mass is 278 g/mol. The van der Waals surface area contributed by atoms with E-state index in [4.69, 9.17) is 0 Å². The lowest BCUT2D eigenvalue weighted by Crippen LogP contribution is -2.48. The summed E-state index contributed by atoms with van der Waals surface area (Å²) in [6.07, 6.45) is 6.22. The van der Waals surface area contributed by atoms with Gasteiger partial charge in [-0.1, -0.05) is 6.42 Å². The van der Waals surface area contributed by atoms with Gasteiger partial charge in [-0.05, 0) is 32.1 Å². The van der Waals surface area contributed by atoms with Crippen molar-refractivity contribution in [1.29, 1.82) is 0 Å². The first kappa shape index (κ1) is 13.4. The molecule has 6 nitrogen and oxygen atoms in total. The van der Waals surface area contributed by atoms with Crippen LogP contribution in [0.1, 0.15) is 50.1 Å². The number of carbonyl (C=O) groups is 1. The van der Waals surface area contributed by atoms with E-state index in [0.717, 1.165) is 25.0 Å². The fourth-order valence-electron chi connectivity index (χ4n) is 2.68. The summed E-state index contributed by atoms with van der Waals surface area (Å²) in [6.45, 7) is 0.312. The maximum Gasteiger partial charge on any atom is 0.320 e. The molecule has 0 atom stereocenters. The second-order valence-electron chi connectivity index (χ2n) is 6.09. The van der Waals surface area contributed by atoms with Crippen LogP contribution >= 0.6 is 0 Å². The molecule has 1 aromatic heterocycles. The van der Waals surface area contributed by atoms with Crippen LogP contribution in [-0.2, 0) is 7.05 Å². The van der Waals surface area contributed by atoms with E-state index in [2.05, 4.69) is 15.7 Å². The molecule has 0 spiro atoms. The lowest BCUT2D eigenvalue weighted by molar-refractivity contribution is -0.0287. The minimum atomic E-state index is -0.694. The molecule has 0 aromatic carbocycles. The predicted octanol–water partition coefficient (Wildman–Crippen LogP) is 1.72. The summed E-state index contributed by atoms with van der Waals surface area (Å²) in [7, 11) is 1.83. The summed E-state index contributed by atoms with van der Waals surface area (Å²) in [5, 5.41) is 19.9. The fraction of sp³-hybridized carbons (Fsp3) is 0.714. The molecule has 110 valence electrons. The molecule has 20 heavy (non-hydrogen) atoms. The molecule has 0 unspecified atom stereocenters. The number of aromatic nitrogens is 2. The van der Waals surface area contributed by atoms with Gasteiger partial charge < -0.3 is 10.4 Å². The van der Waals surface area contributed by atoms with Crippen LogP contribution in [0.4, 0.5) is 10.6 Å². The van der Waals surface area contributed by atoms with Crippen LogP contribution in [0, 0.1) is 0 Å². The van der Waals surface area contributed by atoms with Gasteiger partial charge in [-0.2, -0.15) is 5.10 Å². The Balaban J connectivity index is 1.53. The van der Waals surface area contributed by atoms with Crippen molar-refractivity contribution >= 4 is 11.8 Å². The second-order valence-corrected chi connectivity index (χ2v) is 6.09. The summed E-state index contributed by atoms with van der Waals surface area (Å²) in [5.74, 6) is 1.25. The van der Waals surface area contributed by atoms with Gasteiger partial charge in [-0.15, -0.1) is 0 Å². The Hall–Kier alpha value is -1.56. The highest BCUT2D eigenvalue weighted by molar-refractivity contribution is 5.88. The van der Waals surface area contributed by atoms with E-state index in [0.29, 0.717) is 18.3 Å². The van der Waals surface area contributed by atoms with E-state index in [-0.39, 0.29) is 6.03 Å². The number of carbonyl (C=O) groups excluding carboxylic acids is 1. The number of hydrogen-bond acceptors (Lipinski definition) is 3. The first-order valence-corrected chi connectivity index (χ1v) is 7.37. The third-order valence-corrected chi connectivity index (χ3v) is 4.53. The number of rotatable bonds is 4. The molecule has 2 aliphatic rings. The third-order valence-electron chi connectivity index (χ3n) is 4.53. The number of hydrogen-bond donors (Lipinski definition) is 3. The van der Waals surface area contributed by atoms with Crippen LogP contribution in [0.15, 0.2) is 6.07 Å². The van der Waals surface area contributed by atoms with Crippen molar-refractivity contribution in [2.75, 3.05) is 11.9 Å². The highest BCUT2D eigenvalue weighted by Gasteiger charge is 2.34. The molecule has 2 fully saturated rings. The van der Waals surface area contributed by atoms with Crippen LogP contribution in [0.5, 0.6) is 0 Å². The average molecular weight is 278 g/mol. The molecule has 0 saturated heterocycles. The molecule has 1 heterocycles. The number of nitrogens with zero attached hydrogens (tertiary/aromatic N) is 2. The van der Waals surface area contributed by atoms with Crippen molar-refractivity contribution in [3.8, 4) is 0 Å². The average Bonchev–Trinajstić information content (AvgIpc) is 2.63. The summed E-state index contributed by atoms with van der Waals surface area (Å²) < 4.78 is 1.70. The van der Waals surface area contributed by atoms with Crippen LogP contribution in [0.25, 0.3) is 0 Å². The lowest BCUT2D eigenvalue weighted by atomic mass is 9.80. The maximum atomic E-state index is 11.8. The molecular weight excluding hydrogens is 256 g/mol. The number of nitrogens with one attached hydrogen (secondary N) is 2. The van der Waals surface area contributed by atoms with Gasteiger partial charge in [0.25, 0.3) is 0 Å². The molecule has 6 heteroatoms. The van der Waals surface area contributed by atoms with E-state index in [1.165, 1.54) is 19.3 Å². The van der Waals surface area contributed by atoms with Crippen molar-refractivity contribution in [3.63, 3.8) is 0 Å². The molecule has 0 radical (unpaired) electrons. The zero-order chi connectivity index (χ0) is 14.2. The van der Waals surface area contributed by atoms with Crippen molar-refractivity contribution in [2.45, 2.75) is 50.0 Å². The lowest BCUT2D eigenvalue weighted by Gasteiger charge is -2.36. The molecule has 3 rings (SSSR count). The van der Waals surface area contributed by atoms with E-state index in [9.17, 15) is 9.90 Å². The number of anilines is 1. The molecule has 1 aromatic rings. The maximum absolute atomic E-state index is 11.8. The third kappa shape index (κ3) is 2.65. The van der Waals surface area contributed by atoms with Gasteiger partial charge >= 0.3 is 6.03 Å². The Kier molecular flexibility index (Phi) is 3.41. The van der Waals surface area contributed by atoms with E-state index >= 15 is 0 Å². The van der Waals surface area contributed by atoms with E-state index in [1.54, 1.807) is 4.68 Å².